The minimum absolute atomic E-state index is 0.213. The number of aryl methyl sites for hydroxylation is 1. The second kappa shape index (κ2) is 7.19. The van der Waals surface area contributed by atoms with E-state index >= 15 is 0 Å². The Balaban J connectivity index is 2.15. The molecule has 0 aliphatic carbocycles. The Hall–Kier alpha value is -0.480. The Morgan fingerprint density at radius 3 is 2.38 bits per heavy atom. The molecule has 1 fully saturated rings. The first-order chi connectivity index (χ1) is 9.89. The number of rotatable bonds is 3. The van der Waals surface area contributed by atoms with Gasteiger partial charge >= 0.3 is 0 Å². The number of hydrogen-bond acceptors (Lipinski definition) is 2. The van der Waals surface area contributed by atoms with Crippen molar-refractivity contribution in [1.29, 1.82) is 0 Å². The van der Waals surface area contributed by atoms with Crippen LogP contribution in [-0.4, -0.2) is 33.9 Å². The number of nitrogens with one attached hydrogen (secondary N) is 1. The average molecular weight is 350 g/mol. The van der Waals surface area contributed by atoms with Gasteiger partial charge in [0.05, 0.1) is 0 Å². The molecular formula is C15H19Cl3N2O. The summed E-state index contributed by atoms with van der Waals surface area (Å²) < 4.78 is -1.56. The van der Waals surface area contributed by atoms with E-state index in [0.29, 0.717) is 5.56 Å². The third kappa shape index (κ3) is 4.49. The average Bonchev–Trinajstić information content (AvgIpc) is 2.44. The molecule has 0 bridgehead atoms. The fourth-order valence-corrected chi connectivity index (χ4v) is 3.16. The summed E-state index contributed by atoms with van der Waals surface area (Å²) in [6.45, 7) is 3.54. The Kier molecular flexibility index (Phi) is 5.78. The first kappa shape index (κ1) is 16.9. The molecule has 0 unspecified atom stereocenters. The maximum Gasteiger partial charge on any atom is 0.252 e. The van der Waals surface area contributed by atoms with E-state index < -0.39 is 9.96 Å². The van der Waals surface area contributed by atoms with Crippen molar-refractivity contribution < 1.29 is 4.79 Å². The number of halogens is 3. The highest BCUT2D eigenvalue weighted by Crippen LogP contribution is 2.33. The van der Waals surface area contributed by atoms with Crippen molar-refractivity contribution in [2.75, 3.05) is 13.1 Å². The van der Waals surface area contributed by atoms with E-state index in [1.165, 1.54) is 6.42 Å². The van der Waals surface area contributed by atoms with Crippen molar-refractivity contribution in [3.63, 3.8) is 0 Å². The lowest BCUT2D eigenvalue weighted by molar-refractivity contribution is 0.0818. The molecule has 0 spiro atoms. The van der Waals surface area contributed by atoms with Gasteiger partial charge in [0, 0.05) is 18.7 Å². The van der Waals surface area contributed by atoms with E-state index in [2.05, 4.69) is 5.32 Å². The van der Waals surface area contributed by atoms with Crippen LogP contribution >= 0.6 is 34.8 Å². The minimum Gasteiger partial charge on any atom is -0.332 e. The fraction of sp³-hybridized carbons (Fsp3) is 0.533. The SMILES string of the molecule is Cc1ccccc1C(=O)N[C@@H](N1CCCCC1)C(Cl)(Cl)Cl. The third-order valence-corrected chi connectivity index (χ3v) is 4.34. The maximum atomic E-state index is 12.5. The molecule has 21 heavy (non-hydrogen) atoms. The van der Waals surface area contributed by atoms with E-state index in [-0.39, 0.29) is 5.91 Å². The number of hydrogen-bond donors (Lipinski definition) is 1. The molecule has 1 saturated heterocycles. The highest BCUT2D eigenvalue weighted by Gasteiger charge is 2.39. The number of benzene rings is 1. The summed E-state index contributed by atoms with van der Waals surface area (Å²) in [4.78, 5) is 14.5. The molecule has 116 valence electrons. The number of carbonyl (C=O) groups is 1. The first-order valence-electron chi connectivity index (χ1n) is 7.07. The predicted molar refractivity (Wildman–Crippen MR) is 88.1 cm³/mol. The lowest BCUT2D eigenvalue weighted by Crippen LogP contribution is -2.56. The van der Waals surface area contributed by atoms with Crippen molar-refractivity contribution in [1.82, 2.24) is 10.2 Å². The highest BCUT2D eigenvalue weighted by atomic mass is 35.6. The van der Waals surface area contributed by atoms with Crippen LogP contribution in [0.25, 0.3) is 0 Å². The summed E-state index contributed by atoms with van der Waals surface area (Å²) in [5.41, 5.74) is 1.51. The molecule has 1 aromatic rings. The highest BCUT2D eigenvalue weighted by molar-refractivity contribution is 6.68. The largest absolute Gasteiger partial charge is 0.332 e. The molecular weight excluding hydrogens is 331 g/mol. The lowest BCUT2D eigenvalue weighted by atomic mass is 10.1. The summed E-state index contributed by atoms with van der Waals surface area (Å²) in [7, 11) is 0. The Bertz CT molecular complexity index is 496. The van der Waals surface area contributed by atoms with Gasteiger partial charge in [0.1, 0.15) is 6.17 Å². The molecule has 3 nitrogen and oxygen atoms in total. The van der Waals surface area contributed by atoms with Gasteiger partial charge in [-0.1, -0.05) is 59.4 Å². The van der Waals surface area contributed by atoms with E-state index in [1.807, 2.05) is 30.0 Å². The zero-order valence-corrected chi connectivity index (χ0v) is 14.2. The molecule has 1 amide bonds. The monoisotopic (exact) mass is 348 g/mol. The van der Waals surface area contributed by atoms with Crippen LogP contribution in [0.15, 0.2) is 24.3 Å². The molecule has 1 aliphatic heterocycles. The van der Waals surface area contributed by atoms with Gasteiger partial charge in [-0.3, -0.25) is 9.69 Å². The zero-order chi connectivity index (χ0) is 15.5. The number of nitrogens with zero attached hydrogens (tertiary/aromatic N) is 1. The summed E-state index contributed by atoms with van der Waals surface area (Å²) in [6.07, 6.45) is 2.67. The predicted octanol–water partition coefficient (Wildman–Crippen LogP) is 3.91. The molecule has 2 rings (SSSR count). The van der Waals surface area contributed by atoms with Crippen LogP contribution in [0.4, 0.5) is 0 Å². The topological polar surface area (TPSA) is 32.3 Å². The third-order valence-electron chi connectivity index (χ3n) is 3.72. The number of alkyl halides is 3. The van der Waals surface area contributed by atoms with Gasteiger partial charge in [0.25, 0.3) is 5.91 Å². The Morgan fingerprint density at radius 1 is 1.19 bits per heavy atom. The summed E-state index contributed by atoms with van der Waals surface area (Å²) in [5, 5.41) is 2.87. The van der Waals surface area contributed by atoms with Crippen LogP contribution < -0.4 is 5.32 Å². The minimum atomic E-state index is -1.56. The van der Waals surface area contributed by atoms with Gasteiger partial charge in [0.15, 0.2) is 0 Å². The van der Waals surface area contributed by atoms with Gasteiger partial charge in [0.2, 0.25) is 3.79 Å². The van der Waals surface area contributed by atoms with Gasteiger partial charge in [-0.2, -0.15) is 0 Å². The van der Waals surface area contributed by atoms with Crippen molar-refractivity contribution in [2.45, 2.75) is 36.1 Å². The van der Waals surface area contributed by atoms with Crippen molar-refractivity contribution in [3.8, 4) is 0 Å². The molecule has 1 N–H and O–H groups in total. The van der Waals surface area contributed by atoms with Crippen molar-refractivity contribution in [3.05, 3.63) is 35.4 Å². The smallest absolute Gasteiger partial charge is 0.252 e. The van der Waals surface area contributed by atoms with Crippen LogP contribution in [0.3, 0.4) is 0 Å². The standard InChI is InChI=1S/C15H19Cl3N2O/c1-11-7-3-4-8-12(11)13(21)19-14(15(16,17)18)20-9-5-2-6-10-20/h3-4,7-8,14H,2,5-6,9-10H2,1H3,(H,19,21)/t14-/m0/s1. The molecule has 0 saturated carbocycles. The Labute approximate surface area is 140 Å². The Morgan fingerprint density at radius 2 is 1.81 bits per heavy atom. The second-order valence-electron chi connectivity index (χ2n) is 5.33. The lowest BCUT2D eigenvalue weighted by Gasteiger charge is -2.38. The molecule has 0 radical (unpaired) electrons. The summed E-state index contributed by atoms with van der Waals surface area (Å²) >= 11 is 18.2. The summed E-state index contributed by atoms with van der Waals surface area (Å²) in [5.74, 6) is -0.213. The van der Waals surface area contributed by atoms with Crippen LogP contribution in [0.5, 0.6) is 0 Å². The van der Waals surface area contributed by atoms with Crippen LogP contribution in [-0.2, 0) is 0 Å². The van der Waals surface area contributed by atoms with Crippen molar-refractivity contribution >= 4 is 40.7 Å². The fourth-order valence-electron chi connectivity index (χ4n) is 2.59. The molecule has 1 aromatic carbocycles. The van der Waals surface area contributed by atoms with Gasteiger partial charge < -0.3 is 5.32 Å². The van der Waals surface area contributed by atoms with E-state index in [0.717, 1.165) is 31.5 Å². The number of piperidine rings is 1. The van der Waals surface area contributed by atoms with Crippen molar-refractivity contribution in [2.24, 2.45) is 0 Å². The number of amides is 1. The molecule has 1 heterocycles. The maximum absolute atomic E-state index is 12.5. The number of carbonyl (C=O) groups excluding carboxylic acids is 1. The number of likely N-dealkylation sites (tertiary alicyclic amines) is 1. The summed E-state index contributed by atoms with van der Waals surface area (Å²) in [6, 6.07) is 7.38. The van der Waals surface area contributed by atoms with Crippen LogP contribution in [0, 0.1) is 6.92 Å². The normalized spacial score (nSPS) is 18.3. The second-order valence-corrected chi connectivity index (χ2v) is 7.70. The molecule has 0 aromatic heterocycles. The molecule has 1 aliphatic rings. The quantitative estimate of drug-likeness (QED) is 0.839. The molecule has 1 atom stereocenters. The van der Waals surface area contributed by atoms with Gasteiger partial charge in [-0.15, -0.1) is 0 Å². The van der Waals surface area contributed by atoms with E-state index in [9.17, 15) is 4.79 Å². The molecule has 6 heteroatoms. The zero-order valence-electron chi connectivity index (χ0n) is 11.9. The first-order valence-corrected chi connectivity index (χ1v) is 8.20. The van der Waals surface area contributed by atoms with Crippen LogP contribution in [0.2, 0.25) is 0 Å². The van der Waals surface area contributed by atoms with E-state index in [1.54, 1.807) is 6.07 Å². The van der Waals surface area contributed by atoms with Gasteiger partial charge in [-0.05, 0) is 31.4 Å². The van der Waals surface area contributed by atoms with Crippen LogP contribution in [0.1, 0.15) is 35.2 Å². The van der Waals surface area contributed by atoms with Gasteiger partial charge in [-0.25, -0.2) is 0 Å². The van der Waals surface area contributed by atoms with E-state index in [4.69, 9.17) is 34.8 Å².